The number of morpholine rings is 1. The number of β-amino-alcohol motifs (C(OH)–C–C–N with tert-alkyl or cyclic N) is 2. The van der Waals surface area contributed by atoms with Crippen molar-refractivity contribution in [3.63, 3.8) is 0 Å². The van der Waals surface area contributed by atoms with Crippen LogP contribution in [0.25, 0.3) is 0 Å². The van der Waals surface area contributed by atoms with Crippen LogP contribution in [0.15, 0.2) is 51.9 Å². The number of ketones is 2. The van der Waals surface area contributed by atoms with E-state index in [1.165, 1.54) is 17.0 Å². The Morgan fingerprint density at radius 2 is 1.54 bits per heavy atom. The molecule has 6 N–H and O–H groups in total. The number of piperidine rings is 2. The average molecular weight is 964 g/mol. The Balaban J connectivity index is 0.000000169. The number of allylic oxidation sites excluding steroid dienone is 4. The van der Waals surface area contributed by atoms with Gasteiger partial charge in [0, 0.05) is 116 Å². The summed E-state index contributed by atoms with van der Waals surface area (Å²) >= 11 is 0. The zero-order chi connectivity index (χ0) is 49.9. The van der Waals surface area contributed by atoms with Crippen LogP contribution in [-0.2, 0) is 30.5 Å². The van der Waals surface area contributed by atoms with E-state index >= 15 is 0 Å². The van der Waals surface area contributed by atoms with E-state index in [1.807, 2.05) is 58.6 Å². The first-order valence-electron chi connectivity index (χ1n) is 25.6. The predicted molar refractivity (Wildman–Crippen MR) is 264 cm³/mol. The van der Waals surface area contributed by atoms with Crippen LogP contribution in [0.2, 0.25) is 0 Å². The molecule has 1 aromatic carbocycles. The number of Topliss-reactive ketones (excluding diaryl/α,β-unsaturated/α-hetero) is 2. The number of benzene rings is 1. The molecule has 5 unspecified atom stereocenters. The number of carbonyl (C=O) groups is 4. The van der Waals surface area contributed by atoms with Gasteiger partial charge < -0.3 is 40.2 Å². The third-order valence-electron chi connectivity index (χ3n) is 17.7. The van der Waals surface area contributed by atoms with Crippen LogP contribution < -0.4 is 16.7 Å². The number of aliphatic hydroxyl groups is 2. The van der Waals surface area contributed by atoms with Gasteiger partial charge in [0.25, 0.3) is 0 Å². The van der Waals surface area contributed by atoms with Crippen molar-refractivity contribution >= 4 is 35.6 Å². The van der Waals surface area contributed by atoms with Crippen LogP contribution in [0.5, 0.6) is 0 Å². The minimum atomic E-state index is -0.677. The van der Waals surface area contributed by atoms with Crippen molar-refractivity contribution in [2.24, 2.45) is 27.6 Å². The number of hydrazone groups is 1. The number of anilines is 1. The maximum absolute atomic E-state index is 13.8. The highest BCUT2D eigenvalue weighted by molar-refractivity contribution is 6.00. The number of fused-ring (bicyclic) bond motifs is 1. The first-order valence-corrected chi connectivity index (χ1v) is 25.6. The number of hydrogen-bond acceptors (Lipinski definition) is 15. The van der Waals surface area contributed by atoms with Crippen molar-refractivity contribution in [1.29, 1.82) is 0 Å². The molecule has 6 fully saturated rings. The van der Waals surface area contributed by atoms with E-state index in [-0.39, 0.29) is 39.9 Å². The molecule has 2 saturated carbocycles. The van der Waals surface area contributed by atoms with Crippen molar-refractivity contribution in [3.8, 4) is 0 Å². The summed E-state index contributed by atoms with van der Waals surface area (Å²) in [4.78, 5) is 63.2. The van der Waals surface area contributed by atoms with E-state index in [2.05, 4.69) is 24.8 Å². The van der Waals surface area contributed by atoms with Crippen LogP contribution in [0, 0.1) is 24.7 Å². The van der Waals surface area contributed by atoms with Gasteiger partial charge in [-0.1, -0.05) is 26.0 Å². The molecule has 9 aliphatic rings. The first kappa shape index (κ1) is 49.9. The number of ether oxygens (including phenoxy) is 2. The second-order valence-electron chi connectivity index (χ2n) is 21.0. The molecule has 4 aliphatic carbocycles. The SMILES string of the molecule is CC.CC1=C(N2CCC3(CC4N(CC(O)c5ccc(N(N)/C=N\N)nc5C)C5CCC54C3)C2=O)CCC1=O.CC1=C(N2CCOC3(CCN(C[C@H](O)c4ccc5c(c4C)COC5=O)CC3)C2)CCC1=O. The standard InChI is InChI=1S/C26H35N7O3.C25H32N2O5.C2H6/c1-15-18(4-5-19(15)34)31-10-9-25(24(31)36)11-22-26(13-25)8-7-21(26)32(22)12-20(35)17-3-6-23(30-16(17)2)33(28)14-29-27;1-16-18(3-4-19-20(16)14-31-24(19)30)23(29)13-26-9-7-25(8-10-26)15-27(11-12-32-25)21-5-6-22(28)17(21)2;1-2/h3,6,14,20-22,35H,4-5,7-13,27-28H2,1-2H3;3-4,23,29H,5-15H2,1-2H3;1-2H3/b29-14-;;/t;23-;/m.0./s1. The Labute approximate surface area is 411 Å². The van der Waals surface area contributed by atoms with Gasteiger partial charge in [0.15, 0.2) is 11.6 Å². The van der Waals surface area contributed by atoms with E-state index in [0.29, 0.717) is 74.7 Å². The fourth-order valence-electron chi connectivity index (χ4n) is 13.7. The van der Waals surface area contributed by atoms with Crippen molar-refractivity contribution in [2.45, 2.75) is 149 Å². The fraction of sp³-hybridized carbons (Fsp3) is 0.623. The lowest BCUT2D eigenvalue weighted by Crippen LogP contribution is -2.74. The summed E-state index contributed by atoms with van der Waals surface area (Å²) in [7, 11) is 0. The number of carbonyl (C=O) groups excluding carboxylic acids is 4. The van der Waals surface area contributed by atoms with Crippen molar-refractivity contribution in [3.05, 3.63) is 80.3 Å². The van der Waals surface area contributed by atoms with E-state index < -0.39 is 12.2 Å². The molecule has 6 heterocycles. The molecule has 0 radical (unpaired) electrons. The lowest BCUT2D eigenvalue weighted by molar-refractivity contribution is -0.197. The number of hydrazine groups is 1. The van der Waals surface area contributed by atoms with Crippen LogP contribution in [0.3, 0.4) is 0 Å². The number of nitrogens with zero attached hydrogens (tertiary/aromatic N) is 7. The Bertz CT molecular complexity index is 2520. The third-order valence-corrected chi connectivity index (χ3v) is 17.7. The number of nitrogens with two attached hydrogens (primary N) is 2. The summed E-state index contributed by atoms with van der Waals surface area (Å²) in [5, 5.41) is 26.8. The second-order valence-corrected chi connectivity index (χ2v) is 21.0. The summed E-state index contributed by atoms with van der Waals surface area (Å²) < 4.78 is 11.4. The number of cyclic esters (lactones) is 1. The number of pyridine rings is 1. The molecule has 1 aromatic heterocycles. The zero-order valence-electron chi connectivity index (χ0n) is 42.0. The maximum Gasteiger partial charge on any atom is 0.338 e. The van der Waals surface area contributed by atoms with Gasteiger partial charge in [-0.05, 0) is 109 Å². The van der Waals surface area contributed by atoms with Crippen LogP contribution in [0.1, 0.15) is 149 Å². The van der Waals surface area contributed by atoms with Crippen molar-refractivity contribution in [2.75, 3.05) is 57.4 Å². The summed E-state index contributed by atoms with van der Waals surface area (Å²) in [5.74, 6) is 11.9. The highest BCUT2D eigenvalue weighted by Gasteiger charge is 2.74. The van der Waals surface area contributed by atoms with Gasteiger partial charge in [0.2, 0.25) is 5.91 Å². The fourth-order valence-corrected chi connectivity index (χ4v) is 13.7. The lowest BCUT2D eigenvalue weighted by atomic mass is 9.53. The number of aliphatic hydroxyl groups excluding tert-OH is 2. The summed E-state index contributed by atoms with van der Waals surface area (Å²) in [6.45, 7) is 17.9. The van der Waals surface area contributed by atoms with E-state index in [0.717, 1.165) is 123 Å². The normalized spacial score (nSPS) is 28.9. The third kappa shape index (κ3) is 8.57. The van der Waals surface area contributed by atoms with Gasteiger partial charge in [-0.15, -0.1) is 0 Å². The molecule has 4 saturated heterocycles. The zero-order valence-corrected chi connectivity index (χ0v) is 42.0. The largest absolute Gasteiger partial charge is 0.457 e. The first-order chi connectivity index (χ1) is 33.6. The molecular formula is C53H73N9O8. The van der Waals surface area contributed by atoms with Crippen LogP contribution in [-0.4, -0.2) is 135 Å². The Morgan fingerprint density at radius 3 is 2.19 bits per heavy atom. The molecule has 6 atom stereocenters. The number of rotatable bonds is 10. The number of aryl methyl sites for hydroxylation is 1. The van der Waals surface area contributed by atoms with E-state index in [1.54, 1.807) is 12.1 Å². The van der Waals surface area contributed by atoms with Gasteiger partial charge in [-0.2, -0.15) is 5.10 Å². The van der Waals surface area contributed by atoms with Gasteiger partial charge in [-0.3, -0.25) is 19.3 Å². The number of amides is 1. The number of aromatic nitrogens is 1. The minimum Gasteiger partial charge on any atom is -0.457 e. The van der Waals surface area contributed by atoms with E-state index in [9.17, 15) is 29.4 Å². The van der Waals surface area contributed by atoms with Crippen LogP contribution >= 0.6 is 0 Å². The molecule has 0 bridgehead atoms. The van der Waals surface area contributed by atoms with Crippen molar-refractivity contribution < 1.29 is 38.9 Å². The number of hydrogen-bond donors (Lipinski definition) is 4. The summed E-state index contributed by atoms with van der Waals surface area (Å²) in [6.07, 6.45) is 9.48. The van der Waals surface area contributed by atoms with Gasteiger partial charge in [0.1, 0.15) is 18.8 Å². The highest BCUT2D eigenvalue weighted by atomic mass is 16.5. The topological polar surface area (TPSA) is 221 Å². The maximum atomic E-state index is 13.8. The molecule has 378 valence electrons. The lowest BCUT2D eigenvalue weighted by Gasteiger charge is -2.69. The Hall–Kier alpha value is -5.04. The summed E-state index contributed by atoms with van der Waals surface area (Å²) in [6, 6.07) is 7.99. The average Bonchev–Trinajstić information content (AvgIpc) is 4.16. The number of likely N-dealkylation sites (tertiary alicyclic amines) is 3. The highest BCUT2D eigenvalue weighted by Crippen LogP contribution is 2.71. The molecular weight excluding hydrogens is 891 g/mol. The molecule has 3 spiro atoms. The predicted octanol–water partition coefficient (Wildman–Crippen LogP) is 5.02. The van der Waals surface area contributed by atoms with Crippen molar-refractivity contribution in [1.82, 2.24) is 24.6 Å². The Kier molecular flexibility index (Phi) is 13.9. The molecule has 5 aliphatic heterocycles. The molecule has 2 aromatic rings. The minimum absolute atomic E-state index is 0.167. The van der Waals surface area contributed by atoms with Crippen LogP contribution in [0.4, 0.5) is 5.82 Å². The molecule has 17 heteroatoms. The van der Waals surface area contributed by atoms with Gasteiger partial charge in [-0.25, -0.2) is 20.6 Å². The summed E-state index contributed by atoms with van der Waals surface area (Å²) in [5.41, 5.74) is 8.41. The molecule has 1 amide bonds. The molecule has 70 heavy (non-hydrogen) atoms. The monoisotopic (exact) mass is 964 g/mol. The van der Waals surface area contributed by atoms with E-state index in [4.69, 9.17) is 21.2 Å². The van der Waals surface area contributed by atoms with Gasteiger partial charge in [0.05, 0.1) is 35.4 Å². The number of esters is 1. The second kappa shape index (κ2) is 19.5. The molecule has 11 rings (SSSR count). The molecule has 17 nitrogen and oxygen atoms in total. The van der Waals surface area contributed by atoms with Gasteiger partial charge >= 0.3 is 5.97 Å². The Morgan fingerprint density at radius 1 is 0.857 bits per heavy atom. The quantitative estimate of drug-likeness (QED) is 0.0808. The smallest absolute Gasteiger partial charge is 0.338 e.